The fourth-order valence-corrected chi connectivity index (χ4v) is 11.3. The van der Waals surface area contributed by atoms with Gasteiger partial charge in [-0.15, -0.1) is 0 Å². The van der Waals surface area contributed by atoms with E-state index in [1.807, 2.05) is 18.2 Å². The molecule has 3 nitrogen and oxygen atoms in total. The quantitative estimate of drug-likeness (QED) is 0.151. The highest BCUT2D eigenvalue weighted by atomic mass is 28.3. The minimum absolute atomic E-state index is 0.521. The first-order valence-corrected chi connectivity index (χ1v) is 24.6. The lowest BCUT2D eigenvalue weighted by Gasteiger charge is -2.34. The molecular weight excluding hydrogens is 755 g/mol. The van der Waals surface area contributed by atoms with E-state index in [-0.39, 0.29) is 0 Å². The highest BCUT2D eigenvalue weighted by Gasteiger charge is 2.46. The van der Waals surface area contributed by atoms with Gasteiger partial charge in [0.25, 0.3) is 0 Å². The molecule has 0 bridgehead atoms. The molecule has 0 amide bonds. The summed E-state index contributed by atoms with van der Waals surface area (Å²) in [4.78, 5) is 15.6. The molecule has 11 rings (SSSR count). The predicted octanol–water partition coefficient (Wildman–Crippen LogP) is 13.8. The molecule has 0 fully saturated rings. The van der Waals surface area contributed by atoms with Crippen molar-refractivity contribution in [2.45, 2.75) is 25.1 Å². The normalized spacial score (nSPS) is 14.5. The van der Waals surface area contributed by atoms with Gasteiger partial charge in [0.05, 0.1) is 13.5 Å². The zero-order chi connectivity index (χ0) is 41.1. The Kier molecular flexibility index (Phi) is 8.73. The summed E-state index contributed by atoms with van der Waals surface area (Å²) in [5.74, 6) is 1.97. The summed E-state index contributed by atoms with van der Waals surface area (Å²) in [5, 5.41) is 6.35. The number of aromatic nitrogens is 3. The number of nitrogens with zero attached hydrogens (tertiary/aromatic N) is 3. The van der Waals surface area contributed by atoms with Crippen molar-refractivity contribution in [3.8, 4) is 56.4 Å². The second kappa shape index (κ2) is 14.5. The number of fused-ring (bicyclic) bond motifs is 5. The smallest absolute Gasteiger partial charge is 0.164 e. The number of hydrogen-bond donors (Lipinski definition) is 0. The van der Waals surface area contributed by atoms with Crippen LogP contribution in [0.15, 0.2) is 206 Å². The highest BCUT2D eigenvalue weighted by Crippen LogP contribution is 2.57. The van der Waals surface area contributed by atoms with E-state index in [1.54, 1.807) is 0 Å². The van der Waals surface area contributed by atoms with Gasteiger partial charge in [-0.1, -0.05) is 213 Å². The summed E-state index contributed by atoms with van der Waals surface area (Å²) < 4.78 is 0. The van der Waals surface area contributed by atoms with Crippen LogP contribution >= 0.6 is 0 Å². The average Bonchev–Trinajstić information content (AvgIpc) is 3.61. The van der Waals surface area contributed by atoms with E-state index in [0.29, 0.717) is 17.5 Å². The maximum Gasteiger partial charge on any atom is 0.164 e. The van der Waals surface area contributed by atoms with Gasteiger partial charge in [-0.05, 0) is 84.3 Å². The Morgan fingerprint density at radius 2 is 0.934 bits per heavy atom. The summed E-state index contributed by atoms with van der Waals surface area (Å²) in [7, 11) is -1.62. The SMILES string of the molecule is C[Si](C)(C)c1ccc(-c2nc(-c3ccccc3)nc(-c3cccc(-c4ccc5c(c4)C(c4ccccc4)(c4ccc6ccccc6c4)c4ccccc4-5)c3)n2)c2ccccc12. The third kappa shape index (κ3) is 6.13. The Bertz CT molecular complexity index is 3300. The molecule has 0 N–H and O–H groups in total. The van der Waals surface area contributed by atoms with Gasteiger partial charge in [0, 0.05) is 16.7 Å². The Balaban J connectivity index is 1.09. The second-order valence-electron chi connectivity index (χ2n) is 17.2. The molecule has 10 aromatic rings. The minimum atomic E-state index is -1.62. The van der Waals surface area contributed by atoms with Crippen molar-refractivity contribution in [3.63, 3.8) is 0 Å². The lowest BCUT2D eigenvalue weighted by Crippen LogP contribution is -2.38. The van der Waals surface area contributed by atoms with Crippen molar-refractivity contribution in [2.75, 3.05) is 0 Å². The first kappa shape index (κ1) is 36.8. The van der Waals surface area contributed by atoms with Crippen LogP contribution in [0.2, 0.25) is 19.6 Å². The summed E-state index contributed by atoms with van der Waals surface area (Å²) in [6.45, 7) is 7.21. The molecule has 1 unspecified atom stereocenters. The van der Waals surface area contributed by atoms with Crippen molar-refractivity contribution in [3.05, 3.63) is 229 Å². The third-order valence-corrected chi connectivity index (χ3v) is 14.6. The highest BCUT2D eigenvalue weighted by molar-refractivity contribution is 6.90. The van der Waals surface area contributed by atoms with Gasteiger partial charge in [0.2, 0.25) is 0 Å². The fourth-order valence-electron chi connectivity index (χ4n) is 9.69. The number of hydrogen-bond acceptors (Lipinski definition) is 3. The van der Waals surface area contributed by atoms with Crippen LogP contribution < -0.4 is 5.19 Å². The van der Waals surface area contributed by atoms with Crippen molar-refractivity contribution in [1.82, 2.24) is 15.0 Å². The van der Waals surface area contributed by atoms with Gasteiger partial charge in [-0.3, -0.25) is 0 Å². The molecule has 1 heterocycles. The van der Waals surface area contributed by atoms with E-state index in [1.165, 1.54) is 60.1 Å². The Hall–Kier alpha value is -7.27. The monoisotopic (exact) mass is 797 g/mol. The standard InChI is InChI=1S/C57H43N3Si/c1-61(2,3)53-34-33-50(46-25-12-13-27-49(46)53)56-59-54(39-18-6-4-7-19-39)58-55(60-56)43-22-16-21-40(35-43)42-30-32-48-47-26-14-15-28-51(47)57(52(48)37-42,44-23-8-5-9-24-44)45-31-29-38-17-10-11-20-41(38)36-45/h4-37H,1-3H3. The Morgan fingerprint density at radius 3 is 1.74 bits per heavy atom. The molecule has 0 aliphatic heterocycles. The van der Waals surface area contributed by atoms with Gasteiger partial charge in [-0.2, -0.15) is 0 Å². The van der Waals surface area contributed by atoms with Crippen molar-refractivity contribution in [1.29, 1.82) is 0 Å². The maximum absolute atomic E-state index is 5.28. The Morgan fingerprint density at radius 1 is 0.344 bits per heavy atom. The van der Waals surface area contributed by atoms with Crippen molar-refractivity contribution >= 4 is 34.8 Å². The van der Waals surface area contributed by atoms with Crippen LogP contribution in [0.3, 0.4) is 0 Å². The second-order valence-corrected chi connectivity index (χ2v) is 22.2. The first-order chi connectivity index (χ1) is 29.9. The number of benzene rings is 9. The molecule has 1 aliphatic rings. The molecule has 0 saturated carbocycles. The predicted molar refractivity (Wildman–Crippen MR) is 257 cm³/mol. The van der Waals surface area contributed by atoms with Crippen LogP contribution in [0.25, 0.3) is 78.0 Å². The van der Waals surface area contributed by atoms with E-state index in [0.717, 1.165) is 27.8 Å². The molecule has 4 heteroatoms. The first-order valence-electron chi connectivity index (χ1n) is 21.1. The minimum Gasteiger partial charge on any atom is -0.208 e. The molecule has 0 saturated heterocycles. The maximum atomic E-state index is 5.28. The van der Waals surface area contributed by atoms with Crippen molar-refractivity contribution in [2.24, 2.45) is 0 Å². The molecule has 1 aliphatic carbocycles. The zero-order valence-electron chi connectivity index (χ0n) is 34.5. The summed E-state index contributed by atoms with van der Waals surface area (Å²) in [5.41, 5.74) is 12.2. The van der Waals surface area contributed by atoms with E-state index in [4.69, 9.17) is 15.0 Å². The van der Waals surface area contributed by atoms with E-state index >= 15 is 0 Å². The van der Waals surface area contributed by atoms with Crippen LogP contribution in [-0.2, 0) is 5.41 Å². The summed E-state index contributed by atoms with van der Waals surface area (Å²) in [6.07, 6.45) is 0. The van der Waals surface area contributed by atoms with Gasteiger partial charge < -0.3 is 0 Å². The molecule has 0 spiro atoms. The third-order valence-electron chi connectivity index (χ3n) is 12.5. The Labute approximate surface area is 358 Å². The van der Waals surface area contributed by atoms with E-state index < -0.39 is 13.5 Å². The van der Waals surface area contributed by atoms with Gasteiger partial charge in [0.1, 0.15) is 0 Å². The van der Waals surface area contributed by atoms with Gasteiger partial charge >= 0.3 is 0 Å². The van der Waals surface area contributed by atoms with Crippen LogP contribution in [0.1, 0.15) is 22.3 Å². The molecule has 0 radical (unpaired) electrons. The van der Waals surface area contributed by atoms with Crippen LogP contribution in [0.5, 0.6) is 0 Å². The molecule has 1 atom stereocenters. The molecular formula is C57H43N3Si. The summed E-state index contributed by atoms with van der Waals surface area (Å²) in [6, 6.07) is 74.9. The average molecular weight is 798 g/mol. The van der Waals surface area contributed by atoms with E-state index in [9.17, 15) is 0 Å². The number of rotatable bonds is 7. The van der Waals surface area contributed by atoms with Crippen LogP contribution in [-0.4, -0.2) is 23.0 Å². The molecule has 1 aromatic heterocycles. The molecule has 61 heavy (non-hydrogen) atoms. The van der Waals surface area contributed by atoms with Crippen LogP contribution in [0.4, 0.5) is 0 Å². The van der Waals surface area contributed by atoms with Crippen LogP contribution in [0, 0.1) is 0 Å². The van der Waals surface area contributed by atoms with Gasteiger partial charge in [0.15, 0.2) is 17.5 Å². The lowest BCUT2D eigenvalue weighted by molar-refractivity contribution is 0.770. The summed E-state index contributed by atoms with van der Waals surface area (Å²) >= 11 is 0. The zero-order valence-corrected chi connectivity index (χ0v) is 35.5. The fraction of sp³-hybridized carbons (Fsp3) is 0.0702. The topological polar surface area (TPSA) is 38.7 Å². The van der Waals surface area contributed by atoms with Crippen molar-refractivity contribution < 1.29 is 0 Å². The largest absolute Gasteiger partial charge is 0.208 e. The molecule has 9 aromatic carbocycles. The van der Waals surface area contributed by atoms with E-state index in [2.05, 4.69) is 208 Å². The lowest BCUT2D eigenvalue weighted by atomic mass is 9.67. The molecule has 290 valence electrons. The van der Waals surface area contributed by atoms with Gasteiger partial charge in [-0.25, -0.2) is 15.0 Å².